The normalized spacial score (nSPS) is 9.00. The molecule has 0 spiro atoms. The Morgan fingerprint density at radius 2 is 2.29 bits per heavy atom. The van der Waals surface area contributed by atoms with Crippen molar-refractivity contribution >= 4 is 5.69 Å². The zero-order valence-electron chi connectivity index (χ0n) is 7.03. The fourth-order valence-electron chi connectivity index (χ4n) is 0.937. The standard InChI is InChI=1S/C9H6FNO3/c10-8-5-1-3-7(4-2-6-12)9(8)11(13)14/h1,3,5,12H,6H2. The van der Waals surface area contributed by atoms with Gasteiger partial charge in [0.2, 0.25) is 5.82 Å². The van der Waals surface area contributed by atoms with Crippen LogP contribution in [-0.2, 0) is 0 Å². The molecule has 1 aromatic rings. The molecule has 0 fully saturated rings. The molecule has 0 aromatic heterocycles. The summed E-state index contributed by atoms with van der Waals surface area (Å²) in [6.07, 6.45) is 0. The molecule has 4 nitrogen and oxygen atoms in total. The first-order valence-electron chi connectivity index (χ1n) is 3.69. The van der Waals surface area contributed by atoms with Gasteiger partial charge < -0.3 is 5.11 Å². The van der Waals surface area contributed by atoms with Crippen LogP contribution >= 0.6 is 0 Å². The molecule has 0 radical (unpaired) electrons. The molecule has 1 rings (SSSR count). The minimum atomic E-state index is -0.931. The molecule has 14 heavy (non-hydrogen) atoms. The van der Waals surface area contributed by atoms with E-state index in [1.807, 2.05) is 0 Å². The van der Waals surface area contributed by atoms with Gasteiger partial charge in [-0.25, -0.2) is 0 Å². The lowest BCUT2D eigenvalue weighted by Crippen LogP contribution is -1.95. The molecule has 1 aromatic carbocycles. The van der Waals surface area contributed by atoms with Crippen molar-refractivity contribution in [2.75, 3.05) is 6.61 Å². The van der Waals surface area contributed by atoms with Gasteiger partial charge in [-0.3, -0.25) is 10.1 Å². The van der Waals surface area contributed by atoms with Gasteiger partial charge in [0.1, 0.15) is 12.2 Å². The number of hydrogen-bond acceptors (Lipinski definition) is 3. The first-order valence-corrected chi connectivity index (χ1v) is 3.69. The molecule has 1 N–H and O–H groups in total. The van der Waals surface area contributed by atoms with Crippen LogP contribution in [0.3, 0.4) is 0 Å². The Balaban J connectivity index is 3.28. The van der Waals surface area contributed by atoms with E-state index >= 15 is 0 Å². The molecule has 0 amide bonds. The highest BCUT2D eigenvalue weighted by atomic mass is 19.1. The third kappa shape index (κ3) is 2.06. The smallest absolute Gasteiger partial charge is 0.320 e. The SMILES string of the molecule is O=[N+]([O-])c1c(F)cccc1C#CCO. The second kappa shape index (κ2) is 4.35. The minimum absolute atomic E-state index is 0.0379. The number of benzene rings is 1. The van der Waals surface area contributed by atoms with Gasteiger partial charge in [-0.1, -0.05) is 17.9 Å². The van der Waals surface area contributed by atoms with Gasteiger partial charge in [0.15, 0.2) is 0 Å². The van der Waals surface area contributed by atoms with Crippen LogP contribution in [0.1, 0.15) is 5.56 Å². The van der Waals surface area contributed by atoms with Crippen molar-refractivity contribution in [1.82, 2.24) is 0 Å². The molecule has 0 heterocycles. The van der Waals surface area contributed by atoms with Gasteiger partial charge in [-0.15, -0.1) is 0 Å². The number of halogens is 1. The second-order valence-corrected chi connectivity index (χ2v) is 2.35. The van der Waals surface area contributed by atoms with Gasteiger partial charge in [-0.2, -0.15) is 4.39 Å². The van der Waals surface area contributed by atoms with Crippen LogP contribution in [0.15, 0.2) is 18.2 Å². The van der Waals surface area contributed by atoms with E-state index in [9.17, 15) is 14.5 Å². The number of aliphatic hydroxyl groups excluding tert-OH is 1. The van der Waals surface area contributed by atoms with E-state index in [1.54, 1.807) is 0 Å². The number of hydrogen-bond donors (Lipinski definition) is 1. The van der Waals surface area contributed by atoms with E-state index in [1.165, 1.54) is 12.1 Å². The maximum absolute atomic E-state index is 13.0. The fraction of sp³-hybridized carbons (Fsp3) is 0.111. The topological polar surface area (TPSA) is 63.4 Å². The average molecular weight is 195 g/mol. The van der Waals surface area contributed by atoms with Crippen LogP contribution in [-0.4, -0.2) is 16.6 Å². The molecule has 5 heteroatoms. The highest BCUT2D eigenvalue weighted by molar-refractivity contribution is 5.51. The third-order valence-corrected chi connectivity index (χ3v) is 1.47. The summed E-state index contributed by atoms with van der Waals surface area (Å²) in [4.78, 5) is 9.60. The van der Waals surface area contributed by atoms with Crippen LogP contribution in [0.5, 0.6) is 0 Å². The first-order chi connectivity index (χ1) is 6.66. The van der Waals surface area contributed by atoms with Gasteiger partial charge in [-0.05, 0) is 12.1 Å². The summed E-state index contributed by atoms with van der Waals surface area (Å²) in [5, 5.41) is 18.8. The number of nitrogens with zero attached hydrogens (tertiary/aromatic N) is 1. The fourth-order valence-corrected chi connectivity index (χ4v) is 0.937. The molecular weight excluding hydrogens is 189 g/mol. The van der Waals surface area contributed by atoms with Gasteiger partial charge in [0.25, 0.3) is 0 Å². The van der Waals surface area contributed by atoms with E-state index in [-0.39, 0.29) is 5.56 Å². The van der Waals surface area contributed by atoms with E-state index in [0.29, 0.717) is 0 Å². The summed E-state index contributed by atoms with van der Waals surface area (Å²) >= 11 is 0. The average Bonchev–Trinajstić information content (AvgIpc) is 2.14. The van der Waals surface area contributed by atoms with E-state index in [2.05, 4.69) is 11.8 Å². The molecule has 0 aliphatic heterocycles. The maximum Gasteiger partial charge on any atom is 0.320 e. The highest BCUT2D eigenvalue weighted by Crippen LogP contribution is 2.20. The molecular formula is C9H6FNO3. The minimum Gasteiger partial charge on any atom is -0.384 e. The quantitative estimate of drug-likeness (QED) is 0.414. The van der Waals surface area contributed by atoms with E-state index in [0.717, 1.165) is 6.07 Å². The summed E-state index contributed by atoms with van der Waals surface area (Å²) in [5.74, 6) is 3.59. The second-order valence-electron chi connectivity index (χ2n) is 2.35. The Hall–Kier alpha value is -1.93. The van der Waals surface area contributed by atoms with Crippen molar-refractivity contribution in [3.8, 4) is 11.8 Å². The van der Waals surface area contributed by atoms with E-state index < -0.39 is 23.0 Å². The third-order valence-electron chi connectivity index (χ3n) is 1.47. The monoisotopic (exact) mass is 195 g/mol. The van der Waals surface area contributed by atoms with Crippen molar-refractivity contribution < 1.29 is 14.4 Å². The zero-order chi connectivity index (χ0) is 10.6. The Labute approximate surface area is 79.1 Å². The lowest BCUT2D eigenvalue weighted by atomic mass is 10.2. The van der Waals surface area contributed by atoms with Crippen LogP contribution in [0.4, 0.5) is 10.1 Å². The Bertz CT molecular complexity index is 420. The van der Waals surface area contributed by atoms with Crippen molar-refractivity contribution in [2.45, 2.75) is 0 Å². The van der Waals surface area contributed by atoms with E-state index in [4.69, 9.17) is 5.11 Å². The lowest BCUT2D eigenvalue weighted by Gasteiger charge is -1.95. The molecule has 0 unspecified atom stereocenters. The van der Waals surface area contributed by atoms with Crippen molar-refractivity contribution in [2.24, 2.45) is 0 Å². The summed E-state index contributed by atoms with van der Waals surface area (Å²) in [7, 11) is 0. The summed E-state index contributed by atoms with van der Waals surface area (Å²) < 4.78 is 13.0. The maximum atomic E-state index is 13.0. The lowest BCUT2D eigenvalue weighted by molar-refractivity contribution is -0.387. The Kier molecular flexibility index (Phi) is 3.15. The zero-order valence-corrected chi connectivity index (χ0v) is 7.03. The van der Waals surface area contributed by atoms with Crippen LogP contribution < -0.4 is 0 Å². The summed E-state index contributed by atoms with van der Waals surface area (Å²) in [5.41, 5.74) is -0.697. The molecule has 0 saturated heterocycles. The Morgan fingerprint density at radius 1 is 1.57 bits per heavy atom. The van der Waals surface area contributed by atoms with Gasteiger partial charge >= 0.3 is 5.69 Å². The summed E-state index contributed by atoms with van der Waals surface area (Å²) in [6.45, 7) is -0.423. The van der Waals surface area contributed by atoms with Crippen molar-refractivity contribution in [3.63, 3.8) is 0 Å². The van der Waals surface area contributed by atoms with Crippen LogP contribution in [0.2, 0.25) is 0 Å². The number of aliphatic hydroxyl groups is 1. The number of para-hydroxylation sites is 1. The van der Waals surface area contributed by atoms with Gasteiger partial charge in [0.05, 0.1) is 4.92 Å². The number of rotatable bonds is 1. The first kappa shape index (κ1) is 10.2. The molecule has 0 atom stereocenters. The number of nitro benzene ring substituents is 1. The van der Waals surface area contributed by atoms with Crippen molar-refractivity contribution in [1.29, 1.82) is 0 Å². The van der Waals surface area contributed by atoms with Crippen molar-refractivity contribution in [3.05, 3.63) is 39.7 Å². The largest absolute Gasteiger partial charge is 0.384 e. The van der Waals surface area contributed by atoms with Gasteiger partial charge in [0, 0.05) is 0 Å². The molecule has 0 saturated carbocycles. The molecule has 0 aliphatic carbocycles. The summed E-state index contributed by atoms with van der Waals surface area (Å²) in [6, 6.07) is 3.63. The Morgan fingerprint density at radius 3 is 2.86 bits per heavy atom. The predicted octanol–water partition coefficient (Wildman–Crippen LogP) is 1.08. The van der Waals surface area contributed by atoms with Crippen LogP contribution in [0, 0.1) is 27.8 Å². The molecule has 72 valence electrons. The number of nitro groups is 1. The molecule has 0 aliphatic rings. The highest BCUT2D eigenvalue weighted by Gasteiger charge is 2.17. The molecule has 0 bridgehead atoms. The van der Waals surface area contributed by atoms with Crippen LogP contribution in [0.25, 0.3) is 0 Å². The predicted molar refractivity (Wildman–Crippen MR) is 47.0 cm³/mol.